The van der Waals surface area contributed by atoms with Crippen LogP contribution >= 0.6 is 23.2 Å². The lowest BCUT2D eigenvalue weighted by Crippen LogP contribution is -2.20. The standard InChI is InChI=1S/C22H28Cl2O2/c1-13(2)11-17-19(22(17,5)6)21(25)26-20(14(3)4)16-10-8-7-9-15(16)12-18(23)24/h7-12,14,17,19-20H,1-6H3. The maximum atomic E-state index is 12.9. The van der Waals surface area contributed by atoms with Crippen LogP contribution in [0.2, 0.25) is 0 Å². The summed E-state index contributed by atoms with van der Waals surface area (Å²) in [6.07, 6.45) is 3.53. The molecular weight excluding hydrogens is 367 g/mol. The third-order valence-corrected chi connectivity index (χ3v) is 5.31. The first-order valence-corrected chi connectivity index (χ1v) is 9.78. The van der Waals surface area contributed by atoms with Crippen molar-refractivity contribution < 1.29 is 9.53 Å². The lowest BCUT2D eigenvalue weighted by molar-refractivity contribution is -0.154. The Morgan fingerprint density at radius 2 is 1.81 bits per heavy atom. The van der Waals surface area contributed by atoms with Gasteiger partial charge in [-0.1, -0.05) is 86.8 Å². The average molecular weight is 395 g/mol. The fraction of sp³-hybridized carbons (Fsp3) is 0.500. The molecule has 4 heteroatoms. The Morgan fingerprint density at radius 3 is 2.35 bits per heavy atom. The van der Waals surface area contributed by atoms with Gasteiger partial charge in [0.25, 0.3) is 0 Å². The van der Waals surface area contributed by atoms with E-state index >= 15 is 0 Å². The third kappa shape index (κ3) is 4.72. The number of esters is 1. The molecule has 1 aliphatic carbocycles. The number of halogens is 2. The molecule has 0 N–H and O–H groups in total. The summed E-state index contributed by atoms with van der Waals surface area (Å²) in [6.45, 7) is 12.5. The highest BCUT2D eigenvalue weighted by atomic mass is 35.5. The summed E-state index contributed by atoms with van der Waals surface area (Å²) in [5.74, 6) is 0.136. The van der Waals surface area contributed by atoms with Gasteiger partial charge in [0.2, 0.25) is 0 Å². The Hall–Kier alpha value is -1.25. The summed E-state index contributed by atoms with van der Waals surface area (Å²) < 4.78 is 6.19. The van der Waals surface area contributed by atoms with Crippen LogP contribution in [0.1, 0.15) is 58.8 Å². The maximum absolute atomic E-state index is 12.9. The topological polar surface area (TPSA) is 26.3 Å². The van der Waals surface area contributed by atoms with E-state index in [1.165, 1.54) is 5.57 Å². The molecule has 3 atom stereocenters. The predicted octanol–water partition coefficient (Wildman–Crippen LogP) is 6.94. The fourth-order valence-electron chi connectivity index (χ4n) is 3.57. The van der Waals surface area contributed by atoms with Crippen molar-refractivity contribution in [2.75, 3.05) is 0 Å². The van der Waals surface area contributed by atoms with Crippen LogP contribution in [-0.2, 0) is 9.53 Å². The number of hydrogen-bond donors (Lipinski definition) is 0. The van der Waals surface area contributed by atoms with E-state index in [0.29, 0.717) is 0 Å². The normalized spacial score (nSPS) is 21.7. The van der Waals surface area contributed by atoms with E-state index < -0.39 is 0 Å². The first-order valence-electron chi connectivity index (χ1n) is 9.02. The molecule has 0 spiro atoms. The SMILES string of the molecule is CC(C)=CC1C(C(=O)OC(c2ccccc2C=C(Cl)Cl)C(C)C)C1(C)C. The number of allylic oxidation sites excluding steroid dienone is 2. The molecule has 1 saturated carbocycles. The van der Waals surface area contributed by atoms with Crippen LogP contribution in [0.5, 0.6) is 0 Å². The molecule has 0 bridgehead atoms. The van der Waals surface area contributed by atoms with Crippen LogP contribution in [0.15, 0.2) is 40.4 Å². The van der Waals surface area contributed by atoms with Gasteiger partial charge in [-0.25, -0.2) is 0 Å². The minimum absolute atomic E-state index is 0.0608. The molecule has 0 heterocycles. The third-order valence-electron chi connectivity index (χ3n) is 5.09. The Kier molecular flexibility index (Phi) is 6.63. The van der Waals surface area contributed by atoms with Gasteiger partial charge in [-0.05, 0) is 42.7 Å². The zero-order valence-corrected chi connectivity index (χ0v) is 17.9. The van der Waals surface area contributed by atoms with E-state index in [1.807, 2.05) is 38.1 Å². The molecule has 1 fully saturated rings. The highest BCUT2D eigenvalue weighted by Crippen LogP contribution is 2.60. The minimum atomic E-state index is -0.341. The van der Waals surface area contributed by atoms with Gasteiger partial charge < -0.3 is 4.74 Å². The van der Waals surface area contributed by atoms with E-state index in [0.717, 1.165) is 11.1 Å². The van der Waals surface area contributed by atoms with Crippen molar-refractivity contribution in [3.05, 3.63) is 51.5 Å². The Labute approximate surface area is 167 Å². The first kappa shape index (κ1) is 21.1. The molecule has 0 aliphatic heterocycles. The van der Waals surface area contributed by atoms with Crippen LogP contribution in [0.25, 0.3) is 6.08 Å². The van der Waals surface area contributed by atoms with Crippen molar-refractivity contribution in [2.24, 2.45) is 23.2 Å². The molecule has 142 valence electrons. The molecule has 0 radical (unpaired) electrons. The van der Waals surface area contributed by atoms with Crippen molar-refractivity contribution >= 4 is 35.2 Å². The monoisotopic (exact) mass is 394 g/mol. The highest BCUT2D eigenvalue weighted by Gasteiger charge is 2.61. The maximum Gasteiger partial charge on any atom is 0.310 e. The summed E-state index contributed by atoms with van der Waals surface area (Å²) in [7, 11) is 0. The predicted molar refractivity (Wildman–Crippen MR) is 110 cm³/mol. The smallest absolute Gasteiger partial charge is 0.310 e. The minimum Gasteiger partial charge on any atom is -0.457 e. The Bertz CT molecular complexity index is 723. The molecule has 0 aromatic heterocycles. The van der Waals surface area contributed by atoms with Crippen molar-refractivity contribution in [1.29, 1.82) is 0 Å². The van der Waals surface area contributed by atoms with Crippen molar-refractivity contribution in [2.45, 2.75) is 47.6 Å². The zero-order chi connectivity index (χ0) is 19.6. The molecule has 2 nitrogen and oxygen atoms in total. The van der Waals surface area contributed by atoms with Crippen molar-refractivity contribution in [3.63, 3.8) is 0 Å². The van der Waals surface area contributed by atoms with Gasteiger partial charge in [0, 0.05) is 5.56 Å². The van der Waals surface area contributed by atoms with Crippen LogP contribution < -0.4 is 0 Å². The van der Waals surface area contributed by atoms with Crippen LogP contribution in [0.4, 0.5) is 0 Å². The lowest BCUT2D eigenvalue weighted by Gasteiger charge is -2.24. The quantitative estimate of drug-likeness (QED) is 0.385. The molecule has 26 heavy (non-hydrogen) atoms. The van der Waals surface area contributed by atoms with Gasteiger partial charge in [0.05, 0.1) is 5.92 Å². The molecule has 0 amide bonds. The summed E-state index contributed by atoms with van der Waals surface area (Å²) in [4.78, 5) is 12.9. The van der Waals surface area contributed by atoms with Gasteiger partial charge in [0.1, 0.15) is 10.6 Å². The van der Waals surface area contributed by atoms with Gasteiger partial charge in [0.15, 0.2) is 0 Å². The fourth-order valence-corrected chi connectivity index (χ4v) is 3.81. The molecular formula is C22H28Cl2O2. The second-order valence-corrected chi connectivity index (χ2v) is 9.24. The molecule has 1 aliphatic rings. The number of rotatable bonds is 6. The van der Waals surface area contributed by atoms with Crippen LogP contribution in [0, 0.1) is 23.2 Å². The molecule has 3 unspecified atom stereocenters. The summed E-state index contributed by atoms with van der Waals surface area (Å²) in [5.41, 5.74) is 2.96. The van der Waals surface area contributed by atoms with Crippen molar-refractivity contribution in [3.8, 4) is 0 Å². The van der Waals surface area contributed by atoms with E-state index in [9.17, 15) is 4.79 Å². The van der Waals surface area contributed by atoms with E-state index in [-0.39, 0.29) is 39.7 Å². The van der Waals surface area contributed by atoms with Gasteiger partial charge >= 0.3 is 5.97 Å². The number of ether oxygens (including phenoxy) is 1. The Balaban J connectivity index is 2.27. The molecule has 2 rings (SSSR count). The second kappa shape index (κ2) is 8.19. The van der Waals surface area contributed by atoms with Crippen LogP contribution in [-0.4, -0.2) is 5.97 Å². The van der Waals surface area contributed by atoms with E-state index in [2.05, 4.69) is 33.8 Å². The number of carbonyl (C=O) groups excluding carboxylic acids is 1. The van der Waals surface area contributed by atoms with Gasteiger partial charge in [-0.3, -0.25) is 4.79 Å². The number of hydrogen-bond acceptors (Lipinski definition) is 2. The second-order valence-electron chi connectivity index (χ2n) is 8.23. The van der Waals surface area contributed by atoms with Crippen molar-refractivity contribution in [1.82, 2.24) is 0 Å². The lowest BCUT2D eigenvalue weighted by atomic mass is 9.94. The molecule has 1 aromatic carbocycles. The number of carbonyl (C=O) groups is 1. The zero-order valence-electron chi connectivity index (χ0n) is 16.3. The summed E-state index contributed by atoms with van der Waals surface area (Å²) in [5, 5.41) is 0. The molecule has 0 saturated heterocycles. The first-order chi connectivity index (χ1) is 12.1. The highest BCUT2D eigenvalue weighted by molar-refractivity contribution is 6.57. The van der Waals surface area contributed by atoms with Crippen LogP contribution in [0.3, 0.4) is 0 Å². The summed E-state index contributed by atoms with van der Waals surface area (Å²) >= 11 is 11.7. The van der Waals surface area contributed by atoms with E-state index in [4.69, 9.17) is 27.9 Å². The summed E-state index contributed by atoms with van der Waals surface area (Å²) in [6, 6.07) is 7.74. The van der Waals surface area contributed by atoms with Gasteiger partial charge in [-0.15, -0.1) is 0 Å². The van der Waals surface area contributed by atoms with E-state index in [1.54, 1.807) is 6.08 Å². The largest absolute Gasteiger partial charge is 0.457 e. The Morgan fingerprint density at radius 1 is 1.19 bits per heavy atom. The number of benzene rings is 1. The average Bonchev–Trinajstić information content (AvgIpc) is 3.04. The molecule has 1 aromatic rings. The van der Waals surface area contributed by atoms with Gasteiger partial charge in [-0.2, -0.15) is 0 Å².